The summed E-state index contributed by atoms with van der Waals surface area (Å²) in [5, 5.41) is 17.7. The topological polar surface area (TPSA) is 87.5 Å². The van der Waals surface area contributed by atoms with E-state index >= 15 is 0 Å². The van der Waals surface area contributed by atoms with Gasteiger partial charge in [-0.1, -0.05) is 37.6 Å². The number of halogens is 1. The third kappa shape index (κ3) is 3.84. The average molecular weight is 391 g/mol. The van der Waals surface area contributed by atoms with Crippen LogP contribution in [0.25, 0.3) is 5.69 Å². The molecule has 2 aromatic rings. The van der Waals surface area contributed by atoms with Crippen LogP contribution < -0.4 is 5.32 Å². The third-order valence-electron chi connectivity index (χ3n) is 4.68. The highest BCUT2D eigenvalue weighted by Gasteiger charge is 2.38. The van der Waals surface area contributed by atoms with E-state index in [2.05, 4.69) is 10.4 Å². The molecule has 0 radical (unpaired) electrons. The van der Waals surface area contributed by atoms with Gasteiger partial charge < -0.3 is 15.3 Å². The fourth-order valence-electron chi connectivity index (χ4n) is 3.45. The lowest BCUT2D eigenvalue weighted by Crippen LogP contribution is -2.42. The van der Waals surface area contributed by atoms with E-state index in [4.69, 9.17) is 11.6 Å². The van der Waals surface area contributed by atoms with E-state index in [-0.39, 0.29) is 30.7 Å². The zero-order valence-electron chi connectivity index (χ0n) is 15.5. The molecule has 27 heavy (non-hydrogen) atoms. The number of nitrogens with one attached hydrogen (secondary N) is 1. The summed E-state index contributed by atoms with van der Waals surface area (Å²) in [5.41, 5.74) is 2.11. The molecule has 0 unspecified atom stereocenters. The minimum atomic E-state index is -0.694. The van der Waals surface area contributed by atoms with Crippen molar-refractivity contribution < 1.29 is 14.7 Å². The minimum Gasteiger partial charge on any atom is -0.391 e. The van der Waals surface area contributed by atoms with E-state index < -0.39 is 12.1 Å². The molecule has 2 atom stereocenters. The number of hydrogen-bond donors (Lipinski definition) is 2. The van der Waals surface area contributed by atoms with Gasteiger partial charge in [0.05, 0.1) is 34.4 Å². The molecule has 1 saturated heterocycles. The molecule has 0 aliphatic carbocycles. The molecular formula is C19H23ClN4O3. The van der Waals surface area contributed by atoms with Crippen molar-refractivity contribution in [3.8, 4) is 5.69 Å². The van der Waals surface area contributed by atoms with Crippen LogP contribution in [0.15, 0.2) is 30.5 Å². The number of aliphatic hydroxyl groups is 1. The SMILES string of the molecule is CC(=O)N1C[C@H](O)C[C@@H]1C(=O)Nc1cnn(-c2ccccc2Cl)c1C(C)C. The van der Waals surface area contributed by atoms with Crippen LogP contribution in [0.2, 0.25) is 5.02 Å². The van der Waals surface area contributed by atoms with Crippen molar-refractivity contribution in [2.45, 2.75) is 45.3 Å². The molecule has 3 rings (SSSR count). The van der Waals surface area contributed by atoms with E-state index in [0.29, 0.717) is 10.7 Å². The van der Waals surface area contributed by atoms with Crippen LogP contribution in [0.4, 0.5) is 5.69 Å². The van der Waals surface area contributed by atoms with Gasteiger partial charge in [0.15, 0.2) is 0 Å². The summed E-state index contributed by atoms with van der Waals surface area (Å²) in [6.45, 7) is 5.57. The predicted molar refractivity (Wildman–Crippen MR) is 103 cm³/mol. The van der Waals surface area contributed by atoms with Crippen LogP contribution in [0.3, 0.4) is 0 Å². The smallest absolute Gasteiger partial charge is 0.247 e. The van der Waals surface area contributed by atoms with Crippen LogP contribution in [0.5, 0.6) is 0 Å². The first-order chi connectivity index (χ1) is 12.8. The Hall–Kier alpha value is -2.38. The molecule has 1 aliphatic rings. The Balaban J connectivity index is 1.91. The van der Waals surface area contributed by atoms with Crippen LogP contribution in [0, 0.1) is 0 Å². The maximum absolute atomic E-state index is 12.8. The molecule has 0 bridgehead atoms. The Bertz CT molecular complexity index is 864. The molecule has 2 N–H and O–H groups in total. The molecule has 1 aliphatic heterocycles. The van der Waals surface area contributed by atoms with E-state index in [1.165, 1.54) is 11.8 Å². The molecule has 2 heterocycles. The number of carbonyl (C=O) groups excluding carboxylic acids is 2. The molecule has 1 fully saturated rings. The zero-order valence-corrected chi connectivity index (χ0v) is 16.3. The number of amides is 2. The number of para-hydroxylation sites is 1. The van der Waals surface area contributed by atoms with E-state index in [0.717, 1.165) is 11.4 Å². The third-order valence-corrected chi connectivity index (χ3v) is 5.00. The van der Waals surface area contributed by atoms with E-state index in [1.807, 2.05) is 32.0 Å². The first kappa shape index (κ1) is 19.4. The molecule has 0 spiro atoms. The van der Waals surface area contributed by atoms with Gasteiger partial charge in [0.1, 0.15) is 6.04 Å². The van der Waals surface area contributed by atoms with Gasteiger partial charge in [-0.3, -0.25) is 9.59 Å². The Kier molecular flexibility index (Phi) is 5.53. The second kappa shape index (κ2) is 7.70. The van der Waals surface area contributed by atoms with E-state index in [1.54, 1.807) is 16.9 Å². The number of likely N-dealkylation sites (tertiary alicyclic amines) is 1. The Morgan fingerprint density at radius 2 is 2.04 bits per heavy atom. The average Bonchev–Trinajstić information content (AvgIpc) is 3.19. The standard InChI is InChI=1S/C19H23ClN4O3/c1-11(2)18-15(9-21-24(18)16-7-5-4-6-14(16)20)22-19(27)17-8-13(26)10-23(17)12(3)25/h4-7,9,11,13,17,26H,8,10H2,1-3H3,(H,22,27)/t13-,17-/m1/s1. The van der Waals surface area contributed by atoms with Crippen molar-refractivity contribution in [3.63, 3.8) is 0 Å². The summed E-state index contributed by atoms with van der Waals surface area (Å²) >= 11 is 6.30. The lowest BCUT2D eigenvalue weighted by atomic mass is 10.1. The quantitative estimate of drug-likeness (QED) is 0.839. The maximum Gasteiger partial charge on any atom is 0.247 e. The van der Waals surface area contributed by atoms with Gasteiger partial charge in [-0.05, 0) is 18.1 Å². The maximum atomic E-state index is 12.8. The monoisotopic (exact) mass is 390 g/mol. The summed E-state index contributed by atoms with van der Waals surface area (Å²) in [6, 6.07) is 6.66. The molecule has 7 nitrogen and oxygen atoms in total. The number of aliphatic hydroxyl groups excluding tert-OH is 1. The molecule has 0 saturated carbocycles. The molecular weight excluding hydrogens is 368 g/mol. The molecule has 1 aromatic heterocycles. The molecule has 2 amide bonds. The fourth-order valence-corrected chi connectivity index (χ4v) is 3.67. The number of anilines is 1. The van der Waals surface area contributed by atoms with Crippen molar-refractivity contribution in [3.05, 3.63) is 41.2 Å². The van der Waals surface area contributed by atoms with Gasteiger partial charge in [-0.15, -0.1) is 0 Å². The Morgan fingerprint density at radius 3 is 2.67 bits per heavy atom. The Labute approximate surface area is 162 Å². The van der Waals surface area contributed by atoms with Crippen LogP contribution in [-0.2, 0) is 9.59 Å². The van der Waals surface area contributed by atoms with Gasteiger partial charge in [0.25, 0.3) is 0 Å². The number of carbonyl (C=O) groups is 2. The van der Waals surface area contributed by atoms with Gasteiger partial charge >= 0.3 is 0 Å². The number of aromatic nitrogens is 2. The lowest BCUT2D eigenvalue weighted by Gasteiger charge is -2.22. The number of nitrogens with zero attached hydrogens (tertiary/aromatic N) is 3. The first-order valence-electron chi connectivity index (χ1n) is 8.88. The van der Waals surface area contributed by atoms with Crippen LogP contribution >= 0.6 is 11.6 Å². The first-order valence-corrected chi connectivity index (χ1v) is 9.26. The number of benzene rings is 1. The van der Waals surface area contributed by atoms with Crippen molar-refractivity contribution >= 4 is 29.1 Å². The van der Waals surface area contributed by atoms with Crippen LogP contribution in [-0.4, -0.2) is 50.3 Å². The number of rotatable bonds is 4. The van der Waals surface area contributed by atoms with Gasteiger partial charge in [0, 0.05) is 19.9 Å². The minimum absolute atomic E-state index is 0.0668. The molecule has 144 valence electrons. The highest BCUT2D eigenvalue weighted by atomic mass is 35.5. The predicted octanol–water partition coefficient (Wildman–Crippen LogP) is 2.57. The second-order valence-electron chi connectivity index (χ2n) is 7.03. The van der Waals surface area contributed by atoms with Crippen molar-refractivity contribution in [1.29, 1.82) is 0 Å². The lowest BCUT2D eigenvalue weighted by molar-refractivity contribution is -0.134. The number of β-amino-alcohol motifs (C(OH)–C–C–N with tert-alkyl or cyclic N) is 1. The normalized spacial score (nSPS) is 19.6. The van der Waals surface area contributed by atoms with Crippen molar-refractivity contribution in [2.24, 2.45) is 0 Å². The zero-order chi connectivity index (χ0) is 19.7. The Morgan fingerprint density at radius 1 is 1.33 bits per heavy atom. The van der Waals surface area contributed by atoms with Crippen molar-refractivity contribution in [1.82, 2.24) is 14.7 Å². The van der Waals surface area contributed by atoms with E-state index in [9.17, 15) is 14.7 Å². The van der Waals surface area contributed by atoms with Gasteiger partial charge in [0.2, 0.25) is 11.8 Å². The highest BCUT2D eigenvalue weighted by molar-refractivity contribution is 6.32. The molecule has 8 heteroatoms. The number of hydrogen-bond acceptors (Lipinski definition) is 4. The van der Waals surface area contributed by atoms with Crippen LogP contribution in [0.1, 0.15) is 38.8 Å². The summed E-state index contributed by atoms with van der Waals surface area (Å²) < 4.78 is 1.72. The molecule has 1 aromatic carbocycles. The summed E-state index contributed by atoms with van der Waals surface area (Å²) in [5.74, 6) is -0.498. The van der Waals surface area contributed by atoms with Crippen molar-refractivity contribution in [2.75, 3.05) is 11.9 Å². The van der Waals surface area contributed by atoms with Gasteiger partial charge in [-0.25, -0.2) is 4.68 Å². The largest absolute Gasteiger partial charge is 0.391 e. The summed E-state index contributed by atoms with van der Waals surface area (Å²) in [6.07, 6.45) is 1.11. The second-order valence-corrected chi connectivity index (χ2v) is 7.43. The van der Waals surface area contributed by atoms with Gasteiger partial charge in [-0.2, -0.15) is 5.10 Å². The summed E-state index contributed by atoms with van der Waals surface area (Å²) in [4.78, 5) is 25.9. The summed E-state index contributed by atoms with van der Waals surface area (Å²) in [7, 11) is 0. The highest BCUT2D eigenvalue weighted by Crippen LogP contribution is 2.30. The fraction of sp³-hybridized carbons (Fsp3) is 0.421.